The molecule has 18 heavy (non-hydrogen) atoms. The Morgan fingerprint density at radius 3 is 2.67 bits per heavy atom. The molecule has 98 valence electrons. The number of carbonyl (C=O) groups excluding carboxylic acids is 1. The molecule has 1 aromatic rings. The van der Waals surface area contributed by atoms with Crippen molar-refractivity contribution in [3.63, 3.8) is 0 Å². The Balaban J connectivity index is 2.01. The number of carbonyl (C=O) groups is 1. The molecule has 0 unspecified atom stereocenters. The number of nitrogens with one attached hydrogen (secondary N) is 1. The zero-order valence-corrected chi connectivity index (χ0v) is 12.0. The van der Waals surface area contributed by atoms with E-state index in [1.54, 1.807) is 18.2 Å². The smallest absolute Gasteiger partial charge is 0.255 e. The van der Waals surface area contributed by atoms with Crippen molar-refractivity contribution >= 4 is 21.8 Å². The molecule has 0 heterocycles. The molecule has 0 saturated heterocycles. The summed E-state index contributed by atoms with van der Waals surface area (Å²) in [6, 6.07) is 5.31. The Kier molecular flexibility index (Phi) is 4.27. The molecule has 2 rings (SSSR count). The molecule has 1 fully saturated rings. The molecule has 1 aromatic carbocycles. The molecule has 0 radical (unpaired) electrons. The van der Waals surface area contributed by atoms with E-state index in [1.807, 2.05) is 6.92 Å². The van der Waals surface area contributed by atoms with Gasteiger partial charge in [0.1, 0.15) is 5.75 Å². The Hall–Kier alpha value is -1.03. The number of rotatable bonds is 2. The SMILES string of the molecule is Cc1ccc(O)c(C(=O)NC2CCC(Br)CC2)c1. The lowest BCUT2D eigenvalue weighted by atomic mass is 9.95. The maximum Gasteiger partial charge on any atom is 0.255 e. The van der Waals surface area contributed by atoms with Gasteiger partial charge in [0, 0.05) is 10.9 Å². The average molecular weight is 312 g/mol. The summed E-state index contributed by atoms with van der Waals surface area (Å²) in [4.78, 5) is 12.7. The highest BCUT2D eigenvalue weighted by molar-refractivity contribution is 9.09. The van der Waals surface area contributed by atoms with Gasteiger partial charge in [-0.1, -0.05) is 27.6 Å². The number of phenolic OH excluding ortho intramolecular Hbond substituents is 1. The number of aryl methyl sites for hydroxylation is 1. The summed E-state index contributed by atoms with van der Waals surface area (Å²) in [5.74, 6) is -0.124. The van der Waals surface area contributed by atoms with Crippen LogP contribution in [0.15, 0.2) is 18.2 Å². The molecule has 0 atom stereocenters. The molecule has 1 saturated carbocycles. The molecule has 2 N–H and O–H groups in total. The Labute approximate surface area is 116 Å². The molecule has 0 bridgehead atoms. The van der Waals surface area contributed by atoms with Crippen molar-refractivity contribution in [1.29, 1.82) is 0 Å². The lowest BCUT2D eigenvalue weighted by molar-refractivity contribution is 0.0925. The van der Waals surface area contributed by atoms with Crippen LogP contribution in [0.25, 0.3) is 0 Å². The number of halogens is 1. The maximum absolute atomic E-state index is 12.1. The van der Waals surface area contributed by atoms with E-state index in [0.717, 1.165) is 31.2 Å². The monoisotopic (exact) mass is 311 g/mol. The third-order valence-electron chi connectivity index (χ3n) is 3.39. The van der Waals surface area contributed by atoms with Gasteiger partial charge >= 0.3 is 0 Å². The lowest BCUT2D eigenvalue weighted by Crippen LogP contribution is -2.37. The van der Waals surface area contributed by atoms with Gasteiger partial charge in [0.25, 0.3) is 5.91 Å². The van der Waals surface area contributed by atoms with E-state index < -0.39 is 0 Å². The molecule has 4 heteroatoms. The summed E-state index contributed by atoms with van der Waals surface area (Å²) < 4.78 is 0. The van der Waals surface area contributed by atoms with Crippen LogP contribution in [0.3, 0.4) is 0 Å². The van der Waals surface area contributed by atoms with Crippen molar-refractivity contribution in [2.45, 2.75) is 43.5 Å². The zero-order chi connectivity index (χ0) is 13.1. The summed E-state index contributed by atoms with van der Waals surface area (Å²) in [5, 5.41) is 12.7. The maximum atomic E-state index is 12.1. The van der Waals surface area contributed by atoms with Gasteiger partial charge in [-0.05, 0) is 44.7 Å². The van der Waals surface area contributed by atoms with Crippen LogP contribution in [0.2, 0.25) is 0 Å². The van der Waals surface area contributed by atoms with E-state index in [9.17, 15) is 9.90 Å². The normalized spacial score (nSPS) is 23.7. The van der Waals surface area contributed by atoms with E-state index in [1.165, 1.54) is 0 Å². The van der Waals surface area contributed by atoms with Crippen LogP contribution in [-0.2, 0) is 0 Å². The first-order chi connectivity index (χ1) is 8.56. The first-order valence-electron chi connectivity index (χ1n) is 6.31. The highest BCUT2D eigenvalue weighted by atomic mass is 79.9. The van der Waals surface area contributed by atoms with Crippen molar-refractivity contribution in [2.75, 3.05) is 0 Å². The van der Waals surface area contributed by atoms with Crippen molar-refractivity contribution < 1.29 is 9.90 Å². The van der Waals surface area contributed by atoms with Gasteiger partial charge in [0.2, 0.25) is 0 Å². The number of hydrogen-bond donors (Lipinski definition) is 2. The summed E-state index contributed by atoms with van der Waals surface area (Å²) in [6.07, 6.45) is 4.16. The predicted octanol–water partition coefficient (Wildman–Crippen LogP) is 3.14. The second kappa shape index (κ2) is 5.74. The first kappa shape index (κ1) is 13.4. The van der Waals surface area contributed by atoms with Crippen molar-refractivity contribution in [3.8, 4) is 5.75 Å². The number of hydrogen-bond acceptors (Lipinski definition) is 2. The van der Waals surface area contributed by atoms with Gasteiger partial charge in [-0.2, -0.15) is 0 Å². The Morgan fingerprint density at radius 1 is 1.33 bits per heavy atom. The van der Waals surface area contributed by atoms with Crippen LogP contribution < -0.4 is 5.32 Å². The number of phenols is 1. The van der Waals surface area contributed by atoms with E-state index in [2.05, 4.69) is 21.2 Å². The van der Waals surface area contributed by atoms with Crippen LogP contribution in [0.5, 0.6) is 5.75 Å². The van der Waals surface area contributed by atoms with E-state index >= 15 is 0 Å². The summed E-state index contributed by atoms with van der Waals surface area (Å²) in [5.41, 5.74) is 1.35. The van der Waals surface area contributed by atoms with Gasteiger partial charge in [0.15, 0.2) is 0 Å². The largest absolute Gasteiger partial charge is 0.507 e. The fraction of sp³-hybridized carbons (Fsp3) is 0.500. The minimum atomic E-state index is -0.172. The molecular formula is C14H18BrNO2. The topological polar surface area (TPSA) is 49.3 Å². The quantitative estimate of drug-likeness (QED) is 0.824. The average Bonchev–Trinajstić information content (AvgIpc) is 2.35. The number of amides is 1. The van der Waals surface area contributed by atoms with Gasteiger partial charge in [-0.25, -0.2) is 0 Å². The number of benzene rings is 1. The van der Waals surface area contributed by atoms with Crippen molar-refractivity contribution in [1.82, 2.24) is 5.32 Å². The standard InChI is InChI=1S/C14H18BrNO2/c1-9-2-7-13(17)12(8-9)14(18)16-11-5-3-10(15)4-6-11/h2,7-8,10-11,17H,3-6H2,1H3,(H,16,18). The Bertz CT molecular complexity index is 439. The van der Waals surface area contributed by atoms with Crippen molar-refractivity contribution in [3.05, 3.63) is 29.3 Å². The highest BCUT2D eigenvalue weighted by Crippen LogP contribution is 2.25. The van der Waals surface area contributed by atoms with Gasteiger partial charge in [0.05, 0.1) is 5.56 Å². The predicted molar refractivity (Wildman–Crippen MR) is 75.3 cm³/mol. The second-order valence-corrected chi connectivity index (χ2v) is 6.24. The Morgan fingerprint density at radius 2 is 2.00 bits per heavy atom. The molecule has 3 nitrogen and oxygen atoms in total. The second-order valence-electron chi connectivity index (χ2n) is 4.94. The third-order valence-corrected chi connectivity index (χ3v) is 4.30. The van der Waals surface area contributed by atoms with Gasteiger partial charge in [-0.3, -0.25) is 4.79 Å². The number of aromatic hydroxyl groups is 1. The van der Waals surface area contributed by atoms with E-state index in [0.29, 0.717) is 10.4 Å². The first-order valence-corrected chi connectivity index (χ1v) is 7.22. The fourth-order valence-corrected chi connectivity index (χ4v) is 2.82. The van der Waals surface area contributed by atoms with Crippen LogP contribution >= 0.6 is 15.9 Å². The summed E-state index contributed by atoms with van der Waals surface area (Å²) >= 11 is 3.60. The van der Waals surface area contributed by atoms with Crippen LogP contribution in [0.1, 0.15) is 41.6 Å². The van der Waals surface area contributed by atoms with E-state index in [-0.39, 0.29) is 17.7 Å². The lowest BCUT2D eigenvalue weighted by Gasteiger charge is -2.26. The summed E-state index contributed by atoms with van der Waals surface area (Å²) in [6.45, 7) is 1.91. The third kappa shape index (κ3) is 3.25. The van der Waals surface area contributed by atoms with E-state index in [4.69, 9.17) is 0 Å². The highest BCUT2D eigenvalue weighted by Gasteiger charge is 2.22. The molecule has 0 aromatic heterocycles. The minimum absolute atomic E-state index is 0.0484. The van der Waals surface area contributed by atoms with Crippen molar-refractivity contribution in [2.24, 2.45) is 0 Å². The molecule has 1 amide bonds. The minimum Gasteiger partial charge on any atom is -0.507 e. The van der Waals surface area contributed by atoms with Gasteiger partial charge in [-0.15, -0.1) is 0 Å². The number of alkyl halides is 1. The van der Waals surface area contributed by atoms with Crippen LogP contribution in [-0.4, -0.2) is 21.9 Å². The molecule has 1 aliphatic rings. The summed E-state index contributed by atoms with van der Waals surface area (Å²) in [7, 11) is 0. The molecular weight excluding hydrogens is 294 g/mol. The van der Waals surface area contributed by atoms with Crippen LogP contribution in [0.4, 0.5) is 0 Å². The molecule has 0 spiro atoms. The molecule has 0 aliphatic heterocycles. The fourth-order valence-electron chi connectivity index (χ4n) is 2.29. The molecule has 1 aliphatic carbocycles. The van der Waals surface area contributed by atoms with Gasteiger partial charge < -0.3 is 10.4 Å². The van der Waals surface area contributed by atoms with Crippen LogP contribution in [0, 0.1) is 6.92 Å². The zero-order valence-electron chi connectivity index (χ0n) is 10.4.